The van der Waals surface area contributed by atoms with Crippen LogP contribution < -0.4 is 15.8 Å². The first-order valence-electron chi connectivity index (χ1n) is 12.2. The van der Waals surface area contributed by atoms with Crippen LogP contribution in [0.2, 0.25) is 0 Å². The van der Waals surface area contributed by atoms with Crippen molar-refractivity contribution in [2.75, 3.05) is 42.9 Å². The monoisotopic (exact) mass is 456 g/mol. The Hall–Kier alpha value is -3.38. The smallest absolute Gasteiger partial charge is 0.263 e. The summed E-state index contributed by atoms with van der Waals surface area (Å²) in [6.07, 6.45) is 4.51. The maximum absolute atomic E-state index is 13.0. The molecule has 1 aliphatic heterocycles. The van der Waals surface area contributed by atoms with Crippen molar-refractivity contribution in [3.63, 3.8) is 0 Å². The van der Waals surface area contributed by atoms with E-state index >= 15 is 0 Å². The summed E-state index contributed by atoms with van der Waals surface area (Å²) in [5, 5.41) is 2.93. The zero-order valence-corrected chi connectivity index (χ0v) is 19.7. The molecule has 0 radical (unpaired) electrons. The van der Waals surface area contributed by atoms with E-state index in [1.165, 1.54) is 19.4 Å². The highest BCUT2D eigenvalue weighted by atomic mass is 16.2. The summed E-state index contributed by atoms with van der Waals surface area (Å²) < 4.78 is 1.58. The predicted molar refractivity (Wildman–Crippen MR) is 137 cm³/mol. The fourth-order valence-corrected chi connectivity index (χ4v) is 4.67. The Balaban J connectivity index is 1.25. The van der Waals surface area contributed by atoms with Crippen LogP contribution in [0.1, 0.15) is 34.3 Å². The number of aryl methyl sites for hydroxylation is 1. The van der Waals surface area contributed by atoms with Crippen molar-refractivity contribution in [1.82, 2.24) is 9.47 Å². The topological polar surface area (TPSA) is 57.6 Å². The minimum atomic E-state index is -0.380. The molecule has 1 amide bonds. The Kier molecular flexibility index (Phi) is 6.50. The second kappa shape index (κ2) is 9.85. The van der Waals surface area contributed by atoms with E-state index in [0.717, 1.165) is 48.9 Å². The number of nitrogens with zero attached hydrogens (tertiary/aromatic N) is 3. The van der Waals surface area contributed by atoms with E-state index < -0.39 is 0 Å². The molecule has 3 aromatic rings. The number of carbonyl (C=O) groups excluding carboxylic acids is 1. The van der Waals surface area contributed by atoms with Crippen LogP contribution in [-0.4, -0.2) is 48.1 Å². The predicted octanol–water partition coefficient (Wildman–Crippen LogP) is 3.99. The SMILES string of the molecule is Cc1cccc(Cn2cccc(C(=O)Nc3cccc(N4CCN(CC5CC5)CC4)c3)c2=O)c1. The molecule has 6 heteroatoms. The summed E-state index contributed by atoms with van der Waals surface area (Å²) >= 11 is 0. The first-order chi connectivity index (χ1) is 16.5. The average Bonchev–Trinajstić information content (AvgIpc) is 3.65. The molecule has 176 valence electrons. The van der Waals surface area contributed by atoms with Gasteiger partial charge in [0.25, 0.3) is 11.5 Å². The summed E-state index contributed by atoms with van der Waals surface area (Å²) in [4.78, 5) is 30.9. The number of rotatable bonds is 7. The molecule has 0 atom stereocenters. The summed E-state index contributed by atoms with van der Waals surface area (Å²) in [6.45, 7) is 7.85. The lowest BCUT2D eigenvalue weighted by Gasteiger charge is -2.36. The van der Waals surface area contributed by atoms with Gasteiger partial charge in [0, 0.05) is 50.3 Å². The number of carbonyl (C=O) groups is 1. The average molecular weight is 457 g/mol. The Morgan fingerprint density at radius 3 is 2.53 bits per heavy atom. The molecule has 1 aliphatic carbocycles. The number of hydrogen-bond acceptors (Lipinski definition) is 4. The van der Waals surface area contributed by atoms with Crippen molar-refractivity contribution >= 4 is 17.3 Å². The summed E-state index contributed by atoms with van der Waals surface area (Å²) in [5.41, 5.74) is 3.84. The summed E-state index contributed by atoms with van der Waals surface area (Å²) in [7, 11) is 0. The van der Waals surface area contributed by atoms with Crippen molar-refractivity contribution < 1.29 is 4.79 Å². The van der Waals surface area contributed by atoms with Gasteiger partial charge in [0.05, 0.1) is 6.54 Å². The number of hydrogen-bond donors (Lipinski definition) is 1. The van der Waals surface area contributed by atoms with Crippen molar-refractivity contribution in [2.24, 2.45) is 5.92 Å². The molecule has 0 bridgehead atoms. The Bertz CT molecular complexity index is 1220. The first-order valence-corrected chi connectivity index (χ1v) is 12.2. The normalized spacial score (nSPS) is 16.4. The van der Waals surface area contributed by atoms with Crippen molar-refractivity contribution in [3.05, 3.63) is 93.9 Å². The fraction of sp³-hybridized carbons (Fsp3) is 0.357. The lowest BCUT2D eigenvalue weighted by Crippen LogP contribution is -2.47. The molecule has 2 aliphatic rings. The molecular formula is C28H32N4O2. The molecule has 2 fully saturated rings. The van der Waals surface area contributed by atoms with E-state index in [1.54, 1.807) is 22.9 Å². The quantitative estimate of drug-likeness (QED) is 0.584. The minimum absolute atomic E-state index is 0.147. The molecule has 0 unspecified atom stereocenters. The van der Waals surface area contributed by atoms with Gasteiger partial charge in [-0.05, 0) is 61.6 Å². The summed E-state index contributed by atoms with van der Waals surface area (Å²) in [5.74, 6) is 0.541. The molecular weight excluding hydrogens is 424 g/mol. The van der Waals surface area contributed by atoms with Crippen LogP contribution in [0.3, 0.4) is 0 Å². The maximum Gasteiger partial charge on any atom is 0.263 e. The van der Waals surface area contributed by atoms with Gasteiger partial charge in [-0.2, -0.15) is 0 Å². The van der Waals surface area contributed by atoms with Crippen molar-refractivity contribution in [3.8, 4) is 0 Å². The van der Waals surface area contributed by atoms with Gasteiger partial charge in [-0.1, -0.05) is 35.9 Å². The second-order valence-electron chi connectivity index (χ2n) is 9.58. The maximum atomic E-state index is 13.0. The Morgan fingerprint density at radius 1 is 0.971 bits per heavy atom. The Morgan fingerprint density at radius 2 is 1.76 bits per heavy atom. The lowest BCUT2D eigenvalue weighted by molar-refractivity contribution is 0.102. The van der Waals surface area contributed by atoms with E-state index in [4.69, 9.17) is 0 Å². The highest BCUT2D eigenvalue weighted by Crippen LogP contribution is 2.30. The van der Waals surface area contributed by atoms with E-state index in [9.17, 15) is 9.59 Å². The third kappa shape index (κ3) is 5.39. The largest absolute Gasteiger partial charge is 0.369 e. The summed E-state index contributed by atoms with van der Waals surface area (Å²) in [6, 6.07) is 19.3. The fourth-order valence-electron chi connectivity index (χ4n) is 4.67. The van der Waals surface area contributed by atoms with Crippen LogP contribution in [0.5, 0.6) is 0 Å². The third-order valence-electron chi connectivity index (χ3n) is 6.75. The van der Waals surface area contributed by atoms with Crippen molar-refractivity contribution in [1.29, 1.82) is 0 Å². The number of amides is 1. The van der Waals surface area contributed by atoms with Crippen LogP contribution >= 0.6 is 0 Å². The van der Waals surface area contributed by atoms with Crippen LogP contribution in [0.25, 0.3) is 0 Å². The standard InChI is InChI=1S/C28H32N4O2/c1-21-5-2-6-23(17-21)20-32-12-4-9-26(28(32)34)27(33)29-24-7-3-8-25(18-24)31-15-13-30(14-16-31)19-22-10-11-22/h2-9,12,17-18,22H,10-11,13-16,19-20H2,1H3,(H,29,33). The number of anilines is 2. The van der Waals surface area contributed by atoms with E-state index in [-0.39, 0.29) is 17.0 Å². The zero-order chi connectivity index (χ0) is 23.5. The van der Waals surface area contributed by atoms with Gasteiger partial charge in [0.1, 0.15) is 5.56 Å². The molecule has 2 aromatic carbocycles. The number of aromatic nitrogens is 1. The van der Waals surface area contributed by atoms with Gasteiger partial charge >= 0.3 is 0 Å². The zero-order valence-electron chi connectivity index (χ0n) is 19.7. The Labute approximate surface area is 200 Å². The highest BCUT2D eigenvalue weighted by molar-refractivity contribution is 6.04. The van der Waals surface area contributed by atoms with Gasteiger partial charge in [-0.15, -0.1) is 0 Å². The molecule has 1 aromatic heterocycles. The molecule has 1 saturated carbocycles. The van der Waals surface area contributed by atoms with Crippen LogP contribution in [0.15, 0.2) is 71.7 Å². The molecule has 34 heavy (non-hydrogen) atoms. The van der Waals surface area contributed by atoms with Gasteiger partial charge in [0.15, 0.2) is 0 Å². The highest BCUT2D eigenvalue weighted by Gasteiger charge is 2.26. The van der Waals surface area contributed by atoms with Crippen LogP contribution in [0, 0.1) is 12.8 Å². The molecule has 2 heterocycles. The molecule has 0 spiro atoms. The molecule has 1 N–H and O–H groups in total. The number of nitrogens with one attached hydrogen (secondary N) is 1. The molecule has 6 nitrogen and oxygen atoms in total. The number of pyridine rings is 1. The van der Waals surface area contributed by atoms with E-state index in [2.05, 4.69) is 27.2 Å². The second-order valence-corrected chi connectivity index (χ2v) is 9.58. The van der Waals surface area contributed by atoms with Gasteiger partial charge < -0.3 is 14.8 Å². The van der Waals surface area contributed by atoms with Gasteiger partial charge in [-0.3, -0.25) is 14.5 Å². The molecule has 1 saturated heterocycles. The molecule has 5 rings (SSSR count). The van der Waals surface area contributed by atoms with E-state index in [0.29, 0.717) is 12.2 Å². The number of piperazine rings is 1. The van der Waals surface area contributed by atoms with Crippen molar-refractivity contribution in [2.45, 2.75) is 26.3 Å². The third-order valence-corrected chi connectivity index (χ3v) is 6.75. The van der Waals surface area contributed by atoms with Gasteiger partial charge in [0.2, 0.25) is 0 Å². The van der Waals surface area contributed by atoms with Gasteiger partial charge in [-0.25, -0.2) is 0 Å². The lowest BCUT2D eigenvalue weighted by atomic mass is 10.1. The minimum Gasteiger partial charge on any atom is -0.369 e. The van der Waals surface area contributed by atoms with Crippen LogP contribution in [0.4, 0.5) is 11.4 Å². The van der Waals surface area contributed by atoms with Crippen LogP contribution in [-0.2, 0) is 6.54 Å². The number of benzene rings is 2. The first kappa shape index (κ1) is 22.4. The van der Waals surface area contributed by atoms with E-state index in [1.807, 2.05) is 43.3 Å².